The van der Waals surface area contributed by atoms with Crippen molar-refractivity contribution < 1.29 is 9.47 Å². The maximum absolute atomic E-state index is 6.19. The maximum Gasteiger partial charge on any atom is 0.157 e. The van der Waals surface area contributed by atoms with Crippen molar-refractivity contribution in [2.75, 3.05) is 6.61 Å². The fraction of sp³-hybridized carbons (Fsp3) is 1.00. The molecule has 1 aliphatic heterocycles. The van der Waals surface area contributed by atoms with E-state index in [4.69, 9.17) is 9.47 Å². The summed E-state index contributed by atoms with van der Waals surface area (Å²) in [6.07, 6.45) is 10.2. The molecule has 2 heteroatoms. The van der Waals surface area contributed by atoms with Crippen LogP contribution < -0.4 is 0 Å². The zero-order valence-electron chi connectivity index (χ0n) is 11.9. The van der Waals surface area contributed by atoms with E-state index in [1.54, 1.807) is 0 Å². The summed E-state index contributed by atoms with van der Waals surface area (Å²) in [5.41, 5.74) is 0. The molecule has 0 N–H and O–H groups in total. The molecule has 1 heterocycles. The molecule has 102 valence electrons. The summed E-state index contributed by atoms with van der Waals surface area (Å²) in [6, 6.07) is 0. The Morgan fingerprint density at radius 1 is 1.18 bits per heavy atom. The van der Waals surface area contributed by atoms with E-state index in [0.29, 0.717) is 12.0 Å². The average Bonchev–Trinajstić information content (AvgIpc) is 2.36. The van der Waals surface area contributed by atoms with Crippen LogP contribution in [0.1, 0.15) is 72.1 Å². The minimum Gasteiger partial charge on any atom is -0.353 e. The van der Waals surface area contributed by atoms with Crippen molar-refractivity contribution in [3.8, 4) is 0 Å². The first-order valence-electron chi connectivity index (χ1n) is 7.55. The molecule has 2 nitrogen and oxygen atoms in total. The summed E-state index contributed by atoms with van der Waals surface area (Å²) in [4.78, 5) is 0. The smallest absolute Gasteiger partial charge is 0.157 e. The molecule has 3 atom stereocenters. The standard InChI is InChI=1S/C15H30O2/c1-4-6-10-14(13(3)9-5-2)17-15-11-7-8-12-16-15/h13-15H,4-12H2,1-3H3/t13-,14-,15?/m0/s1. The summed E-state index contributed by atoms with van der Waals surface area (Å²) in [7, 11) is 0. The summed E-state index contributed by atoms with van der Waals surface area (Å²) in [6.45, 7) is 7.71. The largest absolute Gasteiger partial charge is 0.353 e. The summed E-state index contributed by atoms with van der Waals surface area (Å²) < 4.78 is 11.9. The van der Waals surface area contributed by atoms with Crippen LogP contribution in [0, 0.1) is 5.92 Å². The zero-order valence-corrected chi connectivity index (χ0v) is 11.9. The monoisotopic (exact) mass is 242 g/mol. The highest BCUT2D eigenvalue weighted by atomic mass is 16.7. The van der Waals surface area contributed by atoms with Gasteiger partial charge in [-0.1, -0.05) is 40.0 Å². The first-order valence-corrected chi connectivity index (χ1v) is 7.55. The molecule has 17 heavy (non-hydrogen) atoms. The molecule has 0 saturated carbocycles. The highest BCUT2D eigenvalue weighted by molar-refractivity contribution is 4.68. The van der Waals surface area contributed by atoms with Crippen molar-refractivity contribution in [1.82, 2.24) is 0 Å². The Morgan fingerprint density at radius 3 is 2.59 bits per heavy atom. The fourth-order valence-corrected chi connectivity index (χ4v) is 2.55. The van der Waals surface area contributed by atoms with Gasteiger partial charge in [-0.3, -0.25) is 0 Å². The molecule has 0 spiro atoms. The summed E-state index contributed by atoms with van der Waals surface area (Å²) in [5, 5.41) is 0. The quantitative estimate of drug-likeness (QED) is 0.623. The second-order valence-corrected chi connectivity index (χ2v) is 5.38. The second kappa shape index (κ2) is 8.93. The lowest BCUT2D eigenvalue weighted by atomic mass is 9.95. The number of hydrogen-bond acceptors (Lipinski definition) is 2. The van der Waals surface area contributed by atoms with Gasteiger partial charge in [0.25, 0.3) is 0 Å². The zero-order chi connectivity index (χ0) is 12.5. The molecule has 0 bridgehead atoms. The van der Waals surface area contributed by atoms with Gasteiger partial charge in [-0.2, -0.15) is 0 Å². The minimum atomic E-state index is 0.0740. The van der Waals surface area contributed by atoms with Crippen molar-refractivity contribution >= 4 is 0 Å². The molecular weight excluding hydrogens is 212 g/mol. The Balaban J connectivity index is 2.37. The van der Waals surface area contributed by atoms with Gasteiger partial charge >= 0.3 is 0 Å². The third-order valence-electron chi connectivity index (χ3n) is 3.69. The van der Waals surface area contributed by atoms with Gasteiger partial charge < -0.3 is 9.47 Å². The second-order valence-electron chi connectivity index (χ2n) is 5.38. The van der Waals surface area contributed by atoms with Gasteiger partial charge in [0, 0.05) is 6.61 Å². The molecule has 0 aromatic carbocycles. The van der Waals surface area contributed by atoms with Crippen LogP contribution in [-0.2, 0) is 9.47 Å². The van der Waals surface area contributed by atoms with E-state index in [9.17, 15) is 0 Å². The van der Waals surface area contributed by atoms with Gasteiger partial charge in [0.2, 0.25) is 0 Å². The fourth-order valence-electron chi connectivity index (χ4n) is 2.55. The molecule has 0 radical (unpaired) electrons. The molecule has 1 unspecified atom stereocenters. The molecule has 1 saturated heterocycles. The number of unbranched alkanes of at least 4 members (excludes halogenated alkanes) is 1. The third-order valence-corrected chi connectivity index (χ3v) is 3.69. The van der Waals surface area contributed by atoms with Crippen molar-refractivity contribution in [2.45, 2.75) is 84.5 Å². The van der Waals surface area contributed by atoms with Crippen LogP contribution in [0.3, 0.4) is 0 Å². The highest BCUT2D eigenvalue weighted by Crippen LogP contribution is 2.24. The Bertz CT molecular complexity index is 176. The van der Waals surface area contributed by atoms with Crippen molar-refractivity contribution in [3.05, 3.63) is 0 Å². The van der Waals surface area contributed by atoms with E-state index in [0.717, 1.165) is 13.0 Å². The Labute approximate surface area is 107 Å². The molecule has 0 aliphatic carbocycles. The molecular formula is C15H30O2. The molecule has 0 amide bonds. The normalized spacial score (nSPS) is 24.5. The molecule has 1 aliphatic rings. The molecule has 0 aromatic rings. The Kier molecular flexibility index (Phi) is 7.87. The van der Waals surface area contributed by atoms with Gasteiger partial charge in [-0.15, -0.1) is 0 Å². The molecule has 0 aromatic heterocycles. The lowest BCUT2D eigenvalue weighted by Crippen LogP contribution is -2.31. The number of ether oxygens (including phenoxy) is 2. The number of rotatable bonds is 8. The van der Waals surface area contributed by atoms with Crippen LogP contribution in [0.15, 0.2) is 0 Å². The maximum atomic E-state index is 6.19. The third kappa shape index (κ3) is 5.87. The van der Waals surface area contributed by atoms with Gasteiger partial charge in [0.1, 0.15) is 0 Å². The first-order chi connectivity index (χ1) is 8.27. The Morgan fingerprint density at radius 2 is 2.00 bits per heavy atom. The number of hydrogen-bond donors (Lipinski definition) is 0. The van der Waals surface area contributed by atoms with E-state index >= 15 is 0 Å². The van der Waals surface area contributed by atoms with E-state index in [2.05, 4.69) is 20.8 Å². The van der Waals surface area contributed by atoms with Crippen LogP contribution in [0.4, 0.5) is 0 Å². The van der Waals surface area contributed by atoms with Crippen molar-refractivity contribution in [3.63, 3.8) is 0 Å². The SMILES string of the molecule is CCCC[C@H](OC1CCCCO1)[C@@H](C)CCC. The van der Waals surface area contributed by atoms with Crippen LogP contribution in [-0.4, -0.2) is 19.0 Å². The van der Waals surface area contributed by atoms with Crippen LogP contribution in [0.5, 0.6) is 0 Å². The summed E-state index contributed by atoms with van der Waals surface area (Å²) in [5.74, 6) is 0.664. The predicted octanol–water partition coefficient (Wildman–Crippen LogP) is 4.52. The van der Waals surface area contributed by atoms with Gasteiger partial charge in [-0.05, 0) is 38.0 Å². The lowest BCUT2D eigenvalue weighted by molar-refractivity contribution is -0.199. The van der Waals surface area contributed by atoms with E-state index < -0.39 is 0 Å². The van der Waals surface area contributed by atoms with Gasteiger partial charge in [0.15, 0.2) is 6.29 Å². The van der Waals surface area contributed by atoms with Crippen LogP contribution in [0.25, 0.3) is 0 Å². The molecule has 1 fully saturated rings. The van der Waals surface area contributed by atoms with Gasteiger partial charge in [0.05, 0.1) is 6.10 Å². The van der Waals surface area contributed by atoms with Crippen LogP contribution >= 0.6 is 0 Å². The lowest BCUT2D eigenvalue weighted by Gasteiger charge is -2.31. The van der Waals surface area contributed by atoms with Crippen molar-refractivity contribution in [2.24, 2.45) is 5.92 Å². The average molecular weight is 242 g/mol. The Hall–Kier alpha value is -0.0800. The van der Waals surface area contributed by atoms with Gasteiger partial charge in [-0.25, -0.2) is 0 Å². The van der Waals surface area contributed by atoms with Crippen molar-refractivity contribution in [1.29, 1.82) is 0 Å². The summed E-state index contributed by atoms with van der Waals surface area (Å²) >= 11 is 0. The predicted molar refractivity (Wildman–Crippen MR) is 72.1 cm³/mol. The first kappa shape index (κ1) is 15.0. The van der Waals surface area contributed by atoms with Crippen LogP contribution in [0.2, 0.25) is 0 Å². The van der Waals surface area contributed by atoms with E-state index in [1.807, 2.05) is 0 Å². The van der Waals surface area contributed by atoms with E-state index in [1.165, 1.54) is 44.9 Å². The highest BCUT2D eigenvalue weighted by Gasteiger charge is 2.23. The minimum absolute atomic E-state index is 0.0740. The van der Waals surface area contributed by atoms with E-state index in [-0.39, 0.29) is 6.29 Å². The molecule has 1 rings (SSSR count). The topological polar surface area (TPSA) is 18.5 Å².